The smallest absolute Gasteiger partial charge is 0.224 e. The van der Waals surface area contributed by atoms with Gasteiger partial charge in [-0.3, -0.25) is 4.99 Å². The molecule has 3 aromatic rings. The van der Waals surface area contributed by atoms with Gasteiger partial charge < -0.3 is 10.1 Å². The minimum atomic E-state index is 0.558. The van der Waals surface area contributed by atoms with E-state index in [1.165, 1.54) is 5.57 Å². The highest BCUT2D eigenvalue weighted by molar-refractivity contribution is 5.80. The van der Waals surface area contributed by atoms with Gasteiger partial charge in [0.25, 0.3) is 0 Å². The lowest BCUT2D eigenvalue weighted by molar-refractivity contribution is 0.340. The second-order valence-corrected chi connectivity index (χ2v) is 5.78. The number of aliphatic imine (C=N–C) groups is 1. The summed E-state index contributed by atoms with van der Waals surface area (Å²) >= 11 is 0. The number of rotatable bonds is 7. The van der Waals surface area contributed by atoms with Crippen molar-refractivity contribution in [1.29, 1.82) is 0 Å². The van der Waals surface area contributed by atoms with Crippen LogP contribution in [-0.2, 0) is 0 Å². The number of aromatic nitrogens is 5. The van der Waals surface area contributed by atoms with E-state index in [9.17, 15) is 0 Å². The van der Waals surface area contributed by atoms with E-state index in [1.54, 1.807) is 10.9 Å². The Morgan fingerprint density at radius 1 is 1.23 bits per heavy atom. The molecule has 1 aromatic carbocycles. The van der Waals surface area contributed by atoms with Crippen molar-refractivity contribution >= 4 is 23.3 Å². The van der Waals surface area contributed by atoms with Crippen LogP contribution in [0.2, 0.25) is 0 Å². The number of benzene rings is 1. The monoisotopic (exact) mass is 349 g/mol. The SMILES string of the molecule is CCOc1ccc(-n2nnc3cnc(NCCC4=CCN=C4)nc32)cc1. The summed E-state index contributed by atoms with van der Waals surface area (Å²) in [4.78, 5) is 13.1. The second kappa shape index (κ2) is 7.30. The van der Waals surface area contributed by atoms with Gasteiger partial charge in [-0.1, -0.05) is 11.3 Å². The summed E-state index contributed by atoms with van der Waals surface area (Å²) in [7, 11) is 0. The number of fused-ring (bicyclic) bond motifs is 1. The van der Waals surface area contributed by atoms with E-state index in [0.29, 0.717) is 23.7 Å². The van der Waals surface area contributed by atoms with Crippen LogP contribution in [0, 0.1) is 0 Å². The molecule has 3 heterocycles. The molecule has 0 fully saturated rings. The van der Waals surface area contributed by atoms with E-state index in [4.69, 9.17) is 4.74 Å². The Hall–Kier alpha value is -3.29. The predicted molar refractivity (Wildman–Crippen MR) is 100 cm³/mol. The average molecular weight is 349 g/mol. The van der Waals surface area contributed by atoms with Gasteiger partial charge in [0.15, 0.2) is 11.2 Å². The second-order valence-electron chi connectivity index (χ2n) is 5.78. The highest BCUT2D eigenvalue weighted by Crippen LogP contribution is 2.18. The maximum Gasteiger partial charge on any atom is 0.224 e. The topological polar surface area (TPSA) is 90.1 Å². The summed E-state index contributed by atoms with van der Waals surface area (Å²) in [6.07, 6.45) is 6.60. The van der Waals surface area contributed by atoms with Crippen LogP contribution >= 0.6 is 0 Å². The highest BCUT2D eigenvalue weighted by Gasteiger charge is 2.10. The summed E-state index contributed by atoms with van der Waals surface area (Å²) < 4.78 is 7.18. The van der Waals surface area contributed by atoms with E-state index < -0.39 is 0 Å². The van der Waals surface area contributed by atoms with Gasteiger partial charge in [0.2, 0.25) is 5.95 Å². The zero-order valence-corrected chi connectivity index (χ0v) is 14.5. The first-order valence-electron chi connectivity index (χ1n) is 8.58. The Morgan fingerprint density at radius 3 is 2.88 bits per heavy atom. The van der Waals surface area contributed by atoms with Gasteiger partial charge in [-0.05, 0) is 43.2 Å². The molecule has 26 heavy (non-hydrogen) atoms. The number of anilines is 1. The van der Waals surface area contributed by atoms with E-state index in [2.05, 4.69) is 36.7 Å². The summed E-state index contributed by atoms with van der Waals surface area (Å²) in [5.74, 6) is 1.38. The molecule has 0 atom stereocenters. The zero-order chi connectivity index (χ0) is 17.8. The molecule has 8 nitrogen and oxygen atoms in total. The minimum Gasteiger partial charge on any atom is -0.494 e. The first kappa shape index (κ1) is 16.2. The van der Waals surface area contributed by atoms with Crippen molar-refractivity contribution in [2.24, 2.45) is 4.99 Å². The van der Waals surface area contributed by atoms with Crippen LogP contribution < -0.4 is 10.1 Å². The third-order valence-electron chi connectivity index (χ3n) is 4.00. The molecule has 0 spiro atoms. The first-order valence-corrected chi connectivity index (χ1v) is 8.58. The van der Waals surface area contributed by atoms with Crippen LogP contribution in [0.1, 0.15) is 13.3 Å². The predicted octanol–water partition coefficient (Wildman–Crippen LogP) is 2.42. The van der Waals surface area contributed by atoms with Crippen molar-refractivity contribution in [3.63, 3.8) is 0 Å². The summed E-state index contributed by atoms with van der Waals surface area (Å²) in [5, 5.41) is 11.6. The van der Waals surface area contributed by atoms with Gasteiger partial charge in [-0.2, -0.15) is 9.67 Å². The van der Waals surface area contributed by atoms with E-state index in [-0.39, 0.29) is 0 Å². The van der Waals surface area contributed by atoms with Crippen molar-refractivity contribution in [3.8, 4) is 11.4 Å². The fraction of sp³-hybridized carbons (Fsp3) is 0.278. The zero-order valence-electron chi connectivity index (χ0n) is 14.5. The quantitative estimate of drug-likeness (QED) is 0.704. The van der Waals surface area contributed by atoms with Crippen molar-refractivity contribution in [2.45, 2.75) is 13.3 Å². The van der Waals surface area contributed by atoms with Crippen LogP contribution in [0.15, 0.2) is 47.1 Å². The molecule has 0 saturated heterocycles. The Labute approximate surface area is 150 Å². The van der Waals surface area contributed by atoms with Crippen molar-refractivity contribution in [1.82, 2.24) is 25.0 Å². The van der Waals surface area contributed by atoms with Crippen molar-refractivity contribution in [3.05, 3.63) is 42.1 Å². The Balaban J connectivity index is 1.53. The Kier molecular flexibility index (Phi) is 4.55. The molecule has 1 N–H and O–H groups in total. The van der Waals surface area contributed by atoms with E-state index >= 15 is 0 Å². The number of nitrogens with zero attached hydrogens (tertiary/aromatic N) is 6. The van der Waals surface area contributed by atoms with Gasteiger partial charge in [0, 0.05) is 12.8 Å². The van der Waals surface area contributed by atoms with Crippen LogP contribution in [-0.4, -0.2) is 50.9 Å². The van der Waals surface area contributed by atoms with E-state index in [1.807, 2.05) is 37.4 Å². The lowest BCUT2D eigenvalue weighted by Crippen LogP contribution is -2.07. The molecule has 1 aliphatic rings. The molecule has 0 saturated carbocycles. The maximum absolute atomic E-state index is 5.48. The summed E-state index contributed by atoms with van der Waals surface area (Å²) in [6, 6.07) is 7.67. The summed E-state index contributed by atoms with van der Waals surface area (Å²) in [6.45, 7) is 4.12. The van der Waals surface area contributed by atoms with Crippen molar-refractivity contribution in [2.75, 3.05) is 25.0 Å². The Bertz CT molecular complexity index is 959. The number of hydrogen-bond acceptors (Lipinski definition) is 7. The standard InChI is InChI=1S/C18H19N7O/c1-2-26-15-5-3-14(4-6-15)25-17-16(23-24-25)12-21-18(22-17)20-10-8-13-7-9-19-11-13/h3-7,11-12H,2,8-10H2,1H3,(H,20,21,22). The lowest BCUT2D eigenvalue weighted by Gasteiger charge is -2.06. The lowest BCUT2D eigenvalue weighted by atomic mass is 10.2. The molecule has 1 aliphatic heterocycles. The molecular formula is C18H19N7O. The maximum atomic E-state index is 5.48. The molecular weight excluding hydrogens is 330 g/mol. The average Bonchev–Trinajstić information content (AvgIpc) is 3.32. The summed E-state index contributed by atoms with van der Waals surface area (Å²) in [5.41, 5.74) is 3.41. The molecule has 0 radical (unpaired) electrons. The molecule has 0 amide bonds. The van der Waals surface area contributed by atoms with Crippen molar-refractivity contribution < 1.29 is 4.74 Å². The molecule has 4 rings (SSSR count). The van der Waals surface area contributed by atoms with Crippen LogP contribution in [0.4, 0.5) is 5.95 Å². The largest absolute Gasteiger partial charge is 0.494 e. The van der Waals surface area contributed by atoms with E-state index in [0.717, 1.165) is 30.9 Å². The van der Waals surface area contributed by atoms with Gasteiger partial charge in [-0.15, -0.1) is 5.10 Å². The molecule has 2 aromatic heterocycles. The van der Waals surface area contributed by atoms with Gasteiger partial charge in [0.05, 0.1) is 25.0 Å². The fourth-order valence-electron chi connectivity index (χ4n) is 2.72. The third-order valence-corrected chi connectivity index (χ3v) is 4.00. The molecule has 0 aliphatic carbocycles. The number of ether oxygens (including phenoxy) is 1. The van der Waals surface area contributed by atoms with Gasteiger partial charge in [-0.25, -0.2) is 4.98 Å². The normalized spacial score (nSPS) is 13.2. The van der Waals surface area contributed by atoms with Gasteiger partial charge in [0.1, 0.15) is 5.75 Å². The third kappa shape index (κ3) is 3.39. The number of nitrogens with one attached hydrogen (secondary N) is 1. The molecule has 8 heteroatoms. The Morgan fingerprint density at radius 2 is 2.12 bits per heavy atom. The first-order chi connectivity index (χ1) is 12.8. The fourth-order valence-corrected chi connectivity index (χ4v) is 2.72. The molecule has 132 valence electrons. The molecule has 0 unspecified atom stereocenters. The van der Waals surface area contributed by atoms with Gasteiger partial charge >= 0.3 is 0 Å². The number of hydrogen-bond donors (Lipinski definition) is 1. The van der Waals surface area contributed by atoms with Crippen LogP contribution in [0.5, 0.6) is 5.75 Å². The van der Waals surface area contributed by atoms with Crippen LogP contribution in [0.25, 0.3) is 16.9 Å². The minimum absolute atomic E-state index is 0.558. The molecule has 0 bridgehead atoms. The van der Waals surface area contributed by atoms with Crippen LogP contribution in [0.3, 0.4) is 0 Å². The highest BCUT2D eigenvalue weighted by atomic mass is 16.5.